The molecule has 0 aromatic heterocycles. The second-order valence-corrected chi connectivity index (χ2v) is 3.16. The molecule has 12 heavy (non-hydrogen) atoms. The summed E-state index contributed by atoms with van der Waals surface area (Å²) in [5.74, 6) is 0. The van der Waals surface area contributed by atoms with Crippen LogP contribution in [0.1, 0.15) is 10.9 Å². The van der Waals surface area contributed by atoms with E-state index in [1.165, 1.54) is 0 Å². The fraction of sp³-hybridized carbons (Fsp3) is 0.250. The Labute approximate surface area is 88.3 Å². The van der Waals surface area contributed by atoms with Crippen LogP contribution in [0, 0.1) is 0 Å². The second-order valence-electron chi connectivity index (χ2n) is 2.22. The average molecular weight is 227 g/mol. The lowest BCUT2D eigenvalue weighted by Crippen LogP contribution is -2.06. The Kier molecular flexibility index (Phi) is 5.68. The molecule has 1 unspecified atom stereocenters. The van der Waals surface area contributed by atoms with E-state index in [2.05, 4.69) is 0 Å². The van der Waals surface area contributed by atoms with Gasteiger partial charge < -0.3 is 5.73 Å². The van der Waals surface area contributed by atoms with Crippen LogP contribution in [-0.2, 0) is 0 Å². The van der Waals surface area contributed by atoms with E-state index in [1.807, 2.05) is 24.3 Å². The van der Waals surface area contributed by atoms with E-state index in [4.69, 9.17) is 28.9 Å². The fourth-order valence-electron chi connectivity index (χ4n) is 0.856. The topological polar surface area (TPSA) is 26.0 Å². The first-order valence-electron chi connectivity index (χ1n) is 3.34. The molecular formula is C8H10Cl3N. The van der Waals surface area contributed by atoms with Crippen molar-refractivity contribution in [3.8, 4) is 0 Å². The summed E-state index contributed by atoms with van der Waals surface area (Å²) >= 11 is 11.7. The maximum atomic E-state index is 5.89. The molecule has 0 bridgehead atoms. The largest absolute Gasteiger partial charge is 0.329 e. The number of hydrogen-bond acceptors (Lipinski definition) is 1. The normalized spacial score (nSPS) is 11.9. The predicted molar refractivity (Wildman–Crippen MR) is 56.3 cm³/mol. The quantitative estimate of drug-likeness (QED) is 0.771. The van der Waals surface area contributed by atoms with E-state index in [1.54, 1.807) is 0 Å². The van der Waals surface area contributed by atoms with Gasteiger partial charge in [0.1, 0.15) is 0 Å². The van der Waals surface area contributed by atoms with Crippen molar-refractivity contribution in [2.24, 2.45) is 5.73 Å². The molecule has 0 saturated carbocycles. The Morgan fingerprint density at radius 2 is 1.92 bits per heavy atom. The summed E-state index contributed by atoms with van der Waals surface area (Å²) in [5.41, 5.74) is 6.28. The minimum atomic E-state index is -0.177. The molecule has 68 valence electrons. The van der Waals surface area contributed by atoms with Crippen molar-refractivity contribution >= 4 is 35.6 Å². The summed E-state index contributed by atoms with van der Waals surface area (Å²) in [6.45, 7) is 0.408. The number of benzene rings is 1. The minimum Gasteiger partial charge on any atom is -0.329 e. The van der Waals surface area contributed by atoms with Crippen LogP contribution in [0.5, 0.6) is 0 Å². The van der Waals surface area contributed by atoms with Gasteiger partial charge in [-0.15, -0.1) is 24.0 Å². The zero-order valence-corrected chi connectivity index (χ0v) is 8.66. The van der Waals surface area contributed by atoms with Crippen LogP contribution in [-0.4, -0.2) is 6.54 Å². The van der Waals surface area contributed by atoms with Gasteiger partial charge in [0.25, 0.3) is 0 Å². The Balaban J connectivity index is 0.00000121. The van der Waals surface area contributed by atoms with Gasteiger partial charge in [-0.25, -0.2) is 0 Å². The van der Waals surface area contributed by atoms with Crippen LogP contribution in [0.2, 0.25) is 5.02 Å². The maximum Gasteiger partial charge on any atom is 0.0721 e. The third-order valence-corrected chi connectivity index (χ3v) is 2.21. The van der Waals surface area contributed by atoms with Gasteiger partial charge in [0.2, 0.25) is 0 Å². The lowest BCUT2D eigenvalue weighted by atomic mass is 10.1. The first-order chi connectivity index (χ1) is 5.25. The fourth-order valence-corrected chi connectivity index (χ4v) is 1.37. The molecule has 0 spiro atoms. The van der Waals surface area contributed by atoms with Crippen LogP contribution in [0.15, 0.2) is 24.3 Å². The molecule has 1 aromatic rings. The molecule has 1 nitrogen and oxygen atoms in total. The van der Waals surface area contributed by atoms with Crippen LogP contribution < -0.4 is 5.73 Å². The first kappa shape index (κ1) is 12.0. The Morgan fingerprint density at radius 1 is 1.33 bits per heavy atom. The highest BCUT2D eigenvalue weighted by Crippen LogP contribution is 2.25. The molecule has 0 radical (unpaired) electrons. The van der Waals surface area contributed by atoms with Gasteiger partial charge >= 0.3 is 0 Å². The van der Waals surface area contributed by atoms with E-state index >= 15 is 0 Å². The number of hydrogen-bond donors (Lipinski definition) is 1. The standard InChI is InChI=1S/C8H9Cl2N.ClH/c9-7-4-2-1-3-6(7)8(10)5-11;/h1-4,8H,5,11H2;1H. The number of nitrogens with two attached hydrogens (primary N) is 1. The summed E-state index contributed by atoms with van der Waals surface area (Å²) in [5, 5.41) is 0.502. The van der Waals surface area contributed by atoms with E-state index < -0.39 is 0 Å². The molecule has 1 aromatic carbocycles. The van der Waals surface area contributed by atoms with Gasteiger partial charge in [-0.3, -0.25) is 0 Å². The molecule has 0 heterocycles. The molecule has 1 rings (SSSR count). The van der Waals surface area contributed by atoms with Gasteiger partial charge in [-0.2, -0.15) is 0 Å². The first-order valence-corrected chi connectivity index (χ1v) is 4.15. The van der Waals surface area contributed by atoms with E-state index in [0.717, 1.165) is 5.56 Å². The SMILES string of the molecule is Cl.NCC(Cl)c1ccccc1Cl. The average Bonchev–Trinajstić information content (AvgIpc) is 2.04. The van der Waals surface area contributed by atoms with Crippen LogP contribution in [0.25, 0.3) is 0 Å². The Morgan fingerprint density at radius 3 is 2.42 bits per heavy atom. The second kappa shape index (κ2) is 5.65. The van der Waals surface area contributed by atoms with Gasteiger partial charge in [0, 0.05) is 11.6 Å². The van der Waals surface area contributed by atoms with Gasteiger partial charge in [-0.1, -0.05) is 29.8 Å². The third-order valence-electron chi connectivity index (χ3n) is 1.45. The third kappa shape index (κ3) is 2.83. The molecule has 0 amide bonds. The monoisotopic (exact) mass is 225 g/mol. The van der Waals surface area contributed by atoms with Gasteiger partial charge in [0.15, 0.2) is 0 Å². The molecular weight excluding hydrogens is 216 g/mol. The molecule has 0 saturated heterocycles. The highest BCUT2D eigenvalue weighted by molar-refractivity contribution is 6.32. The zero-order valence-electron chi connectivity index (χ0n) is 6.34. The summed E-state index contributed by atoms with van der Waals surface area (Å²) in [7, 11) is 0. The van der Waals surface area contributed by atoms with Crippen LogP contribution in [0.3, 0.4) is 0 Å². The molecule has 2 N–H and O–H groups in total. The number of alkyl halides is 1. The minimum absolute atomic E-state index is 0. The summed E-state index contributed by atoms with van der Waals surface area (Å²) in [6, 6.07) is 7.45. The number of rotatable bonds is 2. The van der Waals surface area contributed by atoms with Gasteiger partial charge in [0.05, 0.1) is 5.38 Å². The predicted octanol–water partition coefficient (Wildman–Crippen LogP) is 3.00. The van der Waals surface area contributed by atoms with Crippen molar-refractivity contribution < 1.29 is 0 Å². The molecule has 0 fully saturated rings. The highest BCUT2D eigenvalue weighted by Gasteiger charge is 2.07. The van der Waals surface area contributed by atoms with Crippen molar-refractivity contribution in [2.45, 2.75) is 5.38 Å². The van der Waals surface area contributed by atoms with Crippen molar-refractivity contribution in [3.05, 3.63) is 34.9 Å². The summed E-state index contributed by atoms with van der Waals surface area (Å²) in [6.07, 6.45) is 0. The van der Waals surface area contributed by atoms with Crippen molar-refractivity contribution in [3.63, 3.8) is 0 Å². The van der Waals surface area contributed by atoms with E-state index in [0.29, 0.717) is 11.6 Å². The molecule has 1 atom stereocenters. The van der Waals surface area contributed by atoms with Gasteiger partial charge in [-0.05, 0) is 11.6 Å². The van der Waals surface area contributed by atoms with Crippen molar-refractivity contribution in [1.82, 2.24) is 0 Å². The lowest BCUT2D eigenvalue weighted by molar-refractivity contribution is 0.931. The van der Waals surface area contributed by atoms with Crippen molar-refractivity contribution in [1.29, 1.82) is 0 Å². The Bertz CT molecular complexity index is 239. The molecule has 0 aliphatic heterocycles. The van der Waals surface area contributed by atoms with E-state index in [-0.39, 0.29) is 17.8 Å². The van der Waals surface area contributed by atoms with E-state index in [9.17, 15) is 0 Å². The molecule has 0 aliphatic rings. The smallest absolute Gasteiger partial charge is 0.0721 e. The van der Waals surface area contributed by atoms with Crippen molar-refractivity contribution in [2.75, 3.05) is 6.54 Å². The summed E-state index contributed by atoms with van der Waals surface area (Å²) < 4.78 is 0. The number of halogens is 3. The summed E-state index contributed by atoms with van der Waals surface area (Å²) in [4.78, 5) is 0. The zero-order chi connectivity index (χ0) is 8.27. The highest BCUT2D eigenvalue weighted by atomic mass is 35.5. The Hall–Kier alpha value is 0.0500. The van der Waals surface area contributed by atoms with Crippen LogP contribution >= 0.6 is 35.6 Å². The lowest BCUT2D eigenvalue weighted by Gasteiger charge is -2.07. The molecule has 0 aliphatic carbocycles. The van der Waals surface area contributed by atoms with Crippen LogP contribution in [0.4, 0.5) is 0 Å². The molecule has 4 heteroatoms. The maximum absolute atomic E-state index is 5.89.